The van der Waals surface area contributed by atoms with E-state index in [0.29, 0.717) is 37.1 Å². The number of likely N-dealkylation sites (tertiary alicyclic amines) is 1. The van der Waals surface area contributed by atoms with Crippen LogP contribution in [0.5, 0.6) is 11.5 Å². The maximum Gasteiger partial charge on any atom is 0.260 e. The molecule has 0 bridgehead atoms. The molecule has 2 fully saturated rings. The Hall–Kier alpha value is -1.79. The van der Waals surface area contributed by atoms with Crippen LogP contribution < -0.4 is 9.47 Å². The molecule has 0 aliphatic carbocycles. The molecule has 2 saturated heterocycles. The Morgan fingerprint density at radius 2 is 2.04 bits per heavy atom. The fourth-order valence-corrected chi connectivity index (χ4v) is 3.32. The minimum Gasteiger partial charge on any atom is -0.493 e. The van der Waals surface area contributed by atoms with Crippen LogP contribution in [0.15, 0.2) is 24.3 Å². The molecule has 2 aliphatic rings. The van der Waals surface area contributed by atoms with Crippen LogP contribution in [0.2, 0.25) is 0 Å². The van der Waals surface area contributed by atoms with E-state index in [-0.39, 0.29) is 18.1 Å². The van der Waals surface area contributed by atoms with E-state index in [1.807, 2.05) is 12.1 Å². The van der Waals surface area contributed by atoms with Gasteiger partial charge in [0.05, 0.1) is 26.8 Å². The Bertz CT molecular complexity index is 556. The molecule has 0 saturated carbocycles. The third-order valence-corrected chi connectivity index (χ3v) is 4.66. The van der Waals surface area contributed by atoms with Crippen molar-refractivity contribution in [1.29, 1.82) is 0 Å². The predicted octanol–water partition coefficient (Wildman–Crippen LogP) is 1.34. The maximum atomic E-state index is 12.3. The number of benzene rings is 1. The van der Waals surface area contributed by atoms with Crippen molar-refractivity contribution >= 4 is 5.91 Å². The van der Waals surface area contributed by atoms with Crippen molar-refractivity contribution < 1.29 is 23.7 Å². The number of carbonyl (C=O) groups excluding carboxylic acids is 1. The lowest BCUT2D eigenvalue weighted by Crippen LogP contribution is -2.67. The molecule has 23 heavy (non-hydrogen) atoms. The number of amides is 1. The molecule has 2 heterocycles. The van der Waals surface area contributed by atoms with E-state index in [9.17, 15) is 4.79 Å². The highest BCUT2D eigenvalue weighted by molar-refractivity contribution is 5.79. The van der Waals surface area contributed by atoms with Gasteiger partial charge in [0.25, 0.3) is 5.91 Å². The van der Waals surface area contributed by atoms with E-state index in [0.717, 1.165) is 13.0 Å². The molecule has 1 atom stereocenters. The molecule has 1 amide bonds. The summed E-state index contributed by atoms with van der Waals surface area (Å²) in [5.74, 6) is 1.53. The topological polar surface area (TPSA) is 57.2 Å². The number of carbonyl (C=O) groups is 1. The number of ether oxygens (including phenoxy) is 4. The number of hydrogen-bond donors (Lipinski definition) is 0. The molecular formula is C17H23NO5. The number of para-hydroxylation sites is 2. The summed E-state index contributed by atoms with van der Waals surface area (Å²) in [6.07, 6.45) is 0.994. The minimum absolute atomic E-state index is 0.00535. The average Bonchev–Trinajstić information content (AvgIpc) is 2.95. The van der Waals surface area contributed by atoms with Gasteiger partial charge in [-0.1, -0.05) is 12.1 Å². The summed E-state index contributed by atoms with van der Waals surface area (Å²) in [7, 11) is 3.28. The van der Waals surface area contributed by atoms with E-state index in [1.165, 1.54) is 0 Å². The van der Waals surface area contributed by atoms with Gasteiger partial charge in [-0.15, -0.1) is 0 Å². The van der Waals surface area contributed by atoms with E-state index in [4.69, 9.17) is 18.9 Å². The molecule has 2 aliphatic heterocycles. The molecule has 3 rings (SSSR count). The largest absolute Gasteiger partial charge is 0.493 e. The van der Waals surface area contributed by atoms with Gasteiger partial charge < -0.3 is 23.8 Å². The van der Waals surface area contributed by atoms with Crippen LogP contribution in [-0.4, -0.2) is 63.5 Å². The first-order valence-corrected chi connectivity index (χ1v) is 7.85. The number of methoxy groups -OCH3 is 2. The smallest absolute Gasteiger partial charge is 0.260 e. The molecule has 1 spiro atoms. The zero-order valence-electron chi connectivity index (χ0n) is 13.6. The molecular weight excluding hydrogens is 298 g/mol. The summed E-state index contributed by atoms with van der Waals surface area (Å²) in [6.45, 7) is 2.67. The van der Waals surface area contributed by atoms with Gasteiger partial charge in [-0.3, -0.25) is 4.79 Å². The summed E-state index contributed by atoms with van der Waals surface area (Å²) >= 11 is 0. The van der Waals surface area contributed by atoms with Crippen molar-refractivity contribution in [2.24, 2.45) is 5.92 Å². The number of rotatable bonds is 6. The zero-order valence-corrected chi connectivity index (χ0v) is 13.6. The second-order valence-corrected chi connectivity index (χ2v) is 6.04. The molecule has 1 aromatic carbocycles. The first kappa shape index (κ1) is 16.1. The Labute approximate surface area is 136 Å². The normalized spacial score (nSPS) is 22.0. The third-order valence-electron chi connectivity index (χ3n) is 4.66. The molecule has 0 N–H and O–H groups in total. The zero-order chi connectivity index (χ0) is 16.3. The Kier molecular flexibility index (Phi) is 4.73. The Balaban J connectivity index is 1.51. The van der Waals surface area contributed by atoms with Crippen LogP contribution in [-0.2, 0) is 14.3 Å². The average molecular weight is 321 g/mol. The molecule has 0 radical (unpaired) electrons. The van der Waals surface area contributed by atoms with Crippen molar-refractivity contribution in [3.8, 4) is 11.5 Å². The van der Waals surface area contributed by atoms with Gasteiger partial charge in [0.2, 0.25) is 0 Å². The molecule has 6 nitrogen and oxygen atoms in total. The van der Waals surface area contributed by atoms with Gasteiger partial charge in [-0.25, -0.2) is 0 Å². The van der Waals surface area contributed by atoms with Crippen molar-refractivity contribution in [1.82, 2.24) is 4.90 Å². The van der Waals surface area contributed by atoms with Gasteiger partial charge in [-0.05, 0) is 18.6 Å². The molecule has 126 valence electrons. The van der Waals surface area contributed by atoms with Crippen molar-refractivity contribution in [3.63, 3.8) is 0 Å². The quantitative estimate of drug-likeness (QED) is 0.791. The van der Waals surface area contributed by atoms with Gasteiger partial charge in [0.1, 0.15) is 5.60 Å². The lowest BCUT2D eigenvalue weighted by atomic mass is 9.81. The van der Waals surface area contributed by atoms with Crippen LogP contribution in [0.1, 0.15) is 6.42 Å². The van der Waals surface area contributed by atoms with Gasteiger partial charge in [0.15, 0.2) is 18.1 Å². The van der Waals surface area contributed by atoms with E-state index < -0.39 is 0 Å². The monoisotopic (exact) mass is 321 g/mol. The summed E-state index contributed by atoms with van der Waals surface area (Å²) < 4.78 is 22.0. The highest BCUT2D eigenvalue weighted by Crippen LogP contribution is 2.40. The SMILES string of the molecule is COCC1CCOC12CN(C(=O)COc1ccccc1OC)C2. The van der Waals surface area contributed by atoms with Crippen molar-refractivity contribution in [2.75, 3.05) is 47.1 Å². The van der Waals surface area contributed by atoms with E-state index in [2.05, 4.69) is 0 Å². The fourth-order valence-electron chi connectivity index (χ4n) is 3.32. The predicted molar refractivity (Wildman–Crippen MR) is 83.7 cm³/mol. The molecule has 0 aromatic heterocycles. The Morgan fingerprint density at radius 3 is 2.74 bits per heavy atom. The first-order chi connectivity index (χ1) is 11.2. The van der Waals surface area contributed by atoms with Crippen LogP contribution in [0.4, 0.5) is 0 Å². The van der Waals surface area contributed by atoms with Crippen LogP contribution in [0, 0.1) is 5.92 Å². The minimum atomic E-state index is -0.212. The number of hydrogen-bond acceptors (Lipinski definition) is 5. The van der Waals surface area contributed by atoms with Gasteiger partial charge in [-0.2, -0.15) is 0 Å². The van der Waals surface area contributed by atoms with Crippen LogP contribution >= 0.6 is 0 Å². The first-order valence-electron chi connectivity index (χ1n) is 7.85. The van der Waals surface area contributed by atoms with E-state index in [1.54, 1.807) is 31.3 Å². The molecule has 1 unspecified atom stereocenters. The lowest BCUT2D eigenvalue weighted by molar-refractivity contribution is -0.169. The van der Waals surface area contributed by atoms with Gasteiger partial charge >= 0.3 is 0 Å². The molecule has 6 heteroatoms. The summed E-state index contributed by atoms with van der Waals surface area (Å²) in [5, 5.41) is 0. The van der Waals surface area contributed by atoms with Gasteiger partial charge in [0, 0.05) is 19.6 Å². The summed E-state index contributed by atoms with van der Waals surface area (Å²) in [5.41, 5.74) is -0.212. The summed E-state index contributed by atoms with van der Waals surface area (Å²) in [4.78, 5) is 14.1. The maximum absolute atomic E-state index is 12.3. The van der Waals surface area contributed by atoms with Crippen LogP contribution in [0.25, 0.3) is 0 Å². The summed E-state index contributed by atoms with van der Waals surface area (Å²) in [6, 6.07) is 7.31. The second kappa shape index (κ2) is 6.76. The highest BCUT2D eigenvalue weighted by Gasteiger charge is 2.54. The van der Waals surface area contributed by atoms with Crippen molar-refractivity contribution in [2.45, 2.75) is 12.0 Å². The van der Waals surface area contributed by atoms with Crippen LogP contribution in [0.3, 0.4) is 0 Å². The third kappa shape index (κ3) is 3.14. The Morgan fingerprint density at radius 1 is 1.30 bits per heavy atom. The lowest BCUT2D eigenvalue weighted by Gasteiger charge is -2.50. The van der Waals surface area contributed by atoms with E-state index >= 15 is 0 Å². The van der Waals surface area contributed by atoms with Crippen molar-refractivity contribution in [3.05, 3.63) is 24.3 Å². The standard InChI is InChI=1S/C17H23NO5/c1-20-9-13-7-8-23-17(13)11-18(12-17)16(19)10-22-15-6-4-3-5-14(15)21-2/h3-6,13H,7-12H2,1-2H3. The number of nitrogens with zero attached hydrogens (tertiary/aromatic N) is 1. The second-order valence-electron chi connectivity index (χ2n) is 6.04. The molecule has 1 aromatic rings. The highest BCUT2D eigenvalue weighted by atomic mass is 16.5. The fraction of sp³-hybridized carbons (Fsp3) is 0.588.